The number of rotatable bonds is 4. The SMILES string of the molecule is CN(c1ccccc1)c1nc2c(c(=O)n(C)c(=O)n2C)n1CC(=O)O. The van der Waals surface area contributed by atoms with Gasteiger partial charge in [0.2, 0.25) is 5.95 Å². The van der Waals surface area contributed by atoms with Crippen LogP contribution in [0.1, 0.15) is 0 Å². The van der Waals surface area contributed by atoms with Crippen LogP contribution in [0, 0.1) is 0 Å². The summed E-state index contributed by atoms with van der Waals surface area (Å²) in [5.41, 5.74) is -0.117. The number of hydrogen-bond donors (Lipinski definition) is 1. The quantitative estimate of drug-likeness (QED) is 0.730. The van der Waals surface area contributed by atoms with Gasteiger partial charge in [0.15, 0.2) is 11.2 Å². The number of carbonyl (C=O) groups is 1. The number of nitrogens with zero attached hydrogens (tertiary/aromatic N) is 5. The average molecular weight is 343 g/mol. The van der Waals surface area contributed by atoms with Crippen LogP contribution in [0.4, 0.5) is 11.6 Å². The van der Waals surface area contributed by atoms with Crippen LogP contribution in [0.15, 0.2) is 39.9 Å². The molecule has 3 aromatic rings. The molecule has 130 valence electrons. The molecule has 0 unspecified atom stereocenters. The number of carboxylic acids is 1. The lowest BCUT2D eigenvalue weighted by Crippen LogP contribution is -2.37. The fraction of sp³-hybridized carbons (Fsp3) is 0.250. The van der Waals surface area contributed by atoms with E-state index in [2.05, 4.69) is 4.98 Å². The first-order valence-corrected chi connectivity index (χ1v) is 7.49. The van der Waals surface area contributed by atoms with Gasteiger partial charge in [-0.3, -0.25) is 23.3 Å². The topological polar surface area (TPSA) is 102 Å². The average Bonchev–Trinajstić information content (AvgIpc) is 2.97. The molecule has 2 aromatic heterocycles. The fourth-order valence-corrected chi connectivity index (χ4v) is 2.74. The predicted octanol–water partition coefficient (Wildman–Crippen LogP) is 0.286. The Balaban J connectivity index is 2.37. The van der Waals surface area contributed by atoms with Crippen molar-refractivity contribution in [3.63, 3.8) is 0 Å². The lowest BCUT2D eigenvalue weighted by molar-refractivity contribution is -0.137. The van der Waals surface area contributed by atoms with E-state index in [9.17, 15) is 19.5 Å². The number of aromatic nitrogens is 4. The number of fused-ring (bicyclic) bond motifs is 1. The minimum atomic E-state index is -1.11. The zero-order valence-electron chi connectivity index (χ0n) is 14.0. The van der Waals surface area contributed by atoms with Crippen molar-refractivity contribution in [2.24, 2.45) is 14.1 Å². The van der Waals surface area contributed by atoms with Crippen LogP contribution in [-0.4, -0.2) is 36.8 Å². The molecule has 1 N–H and O–H groups in total. The Morgan fingerprint density at radius 1 is 1.16 bits per heavy atom. The molecule has 0 aliphatic rings. The van der Waals surface area contributed by atoms with Gasteiger partial charge in [-0.25, -0.2) is 4.79 Å². The van der Waals surface area contributed by atoms with Crippen molar-refractivity contribution in [3.8, 4) is 0 Å². The van der Waals surface area contributed by atoms with E-state index in [4.69, 9.17) is 0 Å². The first-order chi connectivity index (χ1) is 11.8. The Hall–Kier alpha value is -3.36. The summed E-state index contributed by atoms with van der Waals surface area (Å²) in [6, 6.07) is 9.20. The van der Waals surface area contributed by atoms with E-state index in [0.29, 0.717) is 0 Å². The van der Waals surface area contributed by atoms with Gasteiger partial charge >= 0.3 is 11.7 Å². The number of carboxylic acid groups (broad SMARTS) is 1. The number of anilines is 2. The molecule has 0 spiro atoms. The van der Waals surface area contributed by atoms with Gasteiger partial charge in [-0.15, -0.1) is 0 Å². The first-order valence-electron chi connectivity index (χ1n) is 7.49. The van der Waals surface area contributed by atoms with Gasteiger partial charge in [-0.05, 0) is 12.1 Å². The van der Waals surface area contributed by atoms with Crippen LogP contribution >= 0.6 is 0 Å². The molecular formula is C16H17N5O4. The molecule has 0 fully saturated rings. The summed E-state index contributed by atoms with van der Waals surface area (Å²) < 4.78 is 3.48. The minimum Gasteiger partial charge on any atom is -0.480 e. The molecule has 0 bridgehead atoms. The Labute approximate surface area is 142 Å². The van der Waals surface area contributed by atoms with Crippen LogP contribution in [-0.2, 0) is 25.4 Å². The summed E-state index contributed by atoms with van der Waals surface area (Å²) in [4.78, 5) is 42.1. The minimum absolute atomic E-state index is 0.0739. The number of aliphatic carboxylic acids is 1. The van der Waals surface area contributed by atoms with E-state index < -0.39 is 23.8 Å². The maximum absolute atomic E-state index is 12.6. The Bertz CT molecular complexity index is 1080. The summed E-state index contributed by atoms with van der Waals surface area (Å²) in [5, 5.41) is 9.26. The molecule has 9 nitrogen and oxygen atoms in total. The van der Waals surface area contributed by atoms with Crippen LogP contribution < -0.4 is 16.1 Å². The number of hydrogen-bond acceptors (Lipinski definition) is 5. The van der Waals surface area contributed by atoms with Gasteiger partial charge in [0, 0.05) is 26.8 Å². The van der Waals surface area contributed by atoms with Gasteiger partial charge in [-0.2, -0.15) is 4.98 Å². The predicted molar refractivity (Wildman–Crippen MR) is 92.4 cm³/mol. The lowest BCUT2D eigenvalue weighted by Gasteiger charge is -2.19. The van der Waals surface area contributed by atoms with E-state index in [0.717, 1.165) is 10.3 Å². The summed E-state index contributed by atoms with van der Waals surface area (Å²) in [5.74, 6) is -0.847. The zero-order chi connectivity index (χ0) is 18.3. The molecule has 25 heavy (non-hydrogen) atoms. The lowest BCUT2D eigenvalue weighted by atomic mass is 10.3. The maximum atomic E-state index is 12.6. The van der Waals surface area contributed by atoms with E-state index in [1.807, 2.05) is 30.3 Å². The number of benzene rings is 1. The molecule has 0 saturated carbocycles. The molecule has 3 rings (SSSR count). The molecule has 0 aliphatic carbocycles. The van der Waals surface area contributed by atoms with Crippen molar-refractivity contribution in [1.29, 1.82) is 0 Å². The molecular weight excluding hydrogens is 326 g/mol. The third-order valence-corrected chi connectivity index (χ3v) is 4.06. The summed E-state index contributed by atoms with van der Waals surface area (Å²) >= 11 is 0. The zero-order valence-corrected chi connectivity index (χ0v) is 14.0. The van der Waals surface area contributed by atoms with Crippen LogP contribution in [0.3, 0.4) is 0 Å². The monoisotopic (exact) mass is 343 g/mol. The Morgan fingerprint density at radius 2 is 1.80 bits per heavy atom. The van der Waals surface area contributed by atoms with Crippen molar-refractivity contribution in [1.82, 2.24) is 18.7 Å². The molecule has 0 saturated heterocycles. The van der Waals surface area contributed by atoms with Crippen molar-refractivity contribution in [2.75, 3.05) is 11.9 Å². The van der Waals surface area contributed by atoms with Gasteiger partial charge in [0.05, 0.1) is 0 Å². The molecule has 0 radical (unpaired) electrons. The third-order valence-electron chi connectivity index (χ3n) is 4.06. The van der Waals surface area contributed by atoms with Crippen molar-refractivity contribution < 1.29 is 9.90 Å². The van der Waals surface area contributed by atoms with E-state index >= 15 is 0 Å². The van der Waals surface area contributed by atoms with E-state index in [-0.39, 0.29) is 17.1 Å². The smallest absolute Gasteiger partial charge is 0.332 e. The number of imidazole rings is 1. The largest absolute Gasteiger partial charge is 0.480 e. The standard InChI is InChI=1S/C16H17N5O4/c1-18(10-7-5-4-6-8-10)15-17-13-12(21(15)9-11(22)23)14(24)20(3)16(25)19(13)2/h4-8H,9H2,1-3H3,(H,22,23). The molecule has 9 heteroatoms. The van der Waals surface area contributed by atoms with Gasteiger partial charge in [0.1, 0.15) is 6.54 Å². The van der Waals surface area contributed by atoms with Crippen molar-refractivity contribution in [3.05, 3.63) is 51.2 Å². The highest BCUT2D eigenvalue weighted by atomic mass is 16.4. The second-order valence-corrected chi connectivity index (χ2v) is 5.66. The van der Waals surface area contributed by atoms with Gasteiger partial charge in [-0.1, -0.05) is 18.2 Å². The van der Waals surface area contributed by atoms with Crippen molar-refractivity contribution in [2.45, 2.75) is 6.54 Å². The number of aryl methyl sites for hydroxylation is 1. The Morgan fingerprint density at radius 3 is 2.40 bits per heavy atom. The normalized spacial score (nSPS) is 11.0. The van der Waals surface area contributed by atoms with Crippen LogP contribution in [0.5, 0.6) is 0 Å². The third kappa shape index (κ3) is 2.59. The summed E-state index contributed by atoms with van der Waals surface area (Å²) in [6.07, 6.45) is 0. The molecule has 1 aromatic carbocycles. The highest BCUT2D eigenvalue weighted by Gasteiger charge is 2.23. The molecule has 0 amide bonds. The number of para-hydroxylation sites is 1. The van der Waals surface area contributed by atoms with Gasteiger partial charge < -0.3 is 10.0 Å². The second kappa shape index (κ2) is 5.93. The van der Waals surface area contributed by atoms with Crippen LogP contribution in [0.25, 0.3) is 11.2 Å². The van der Waals surface area contributed by atoms with E-state index in [1.165, 1.54) is 23.2 Å². The summed E-state index contributed by atoms with van der Waals surface area (Å²) in [6.45, 7) is -0.448. The Kier molecular flexibility index (Phi) is 3.91. The van der Waals surface area contributed by atoms with Crippen LogP contribution in [0.2, 0.25) is 0 Å². The highest BCUT2D eigenvalue weighted by molar-refractivity contribution is 5.79. The fourth-order valence-electron chi connectivity index (χ4n) is 2.74. The molecule has 0 aliphatic heterocycles. The molecule has 2 heterocycles. The second-order valence-electron chi connectivity index (χ2n) is 5.66. The van der Waals surface area contributed by atoms with E-state index in [1.54, 1.807) is 11.9 Å². The van der Waals surface area contributed by atoms with Gasteiger partial charge in [0.25, 0.3) is 5.56 Å². The summed E-state index contributed by atoms with van der Waals surface area (Å²) in [7, 11) is 4.56. The van der Waals surface area contributed by atoms with Crippen molar-refractivity contribution >= 4 is 28.8 Å². The maximum Gasteiger partial charge on any atom is 0.332 e. The molecule has 0 atom stereocenters. The first kappa shape index (κ1) is 16.5. The highest BCUT2D eigenvalue weighted by Crippen LogP contribution is 2.25.